The zero-order valence-corrected chi connectivity index (χ0v) is 20.8. The topological polar surface area (TPSA) is 96.9 Å². The standard InChI is InChI=1S/C28H27N3O4S/c1-20-12-15-23(16-13-20)36(33,34)31-26(22-9-4-3-5-10-22)18-28(32)30-29-19-25-24-11-7-6-8-21(24)14-17-27(25)35-2/h3-17,19,26,31H,18H2,1-2H3,(H,30,32)/b29-19-/t26-/m0/s1. The highest BCUT2D eigenvalue weighted by atomic mass is 32.2. The third-order valence-corrected chi connectivity index (χ3v) is 7.24. The van der Waals surface area contributed by atoms with Crippen LogP contribution in [0.5, 0.6) is 5.75 Å². The highest BCUT2D eigenvalue weighted by Crippen LogP contribution is 2.26. The average molecular weight is 502 g/mol. The van der Waals surface area contributed by atoms with E-state index < -0.39 is 22.0 Å². The number of benzene rings is 4. The number of carbonyl (C=O) groups is 1. The van der Waals surface area contributed by atoms with Crippen LogP contribution in [-0.4, -0.2) is 27.6 Å². The molecule has 0 bridgehead atoms. The van der Waals surface area contributed by atoms with E-state index in [4.69, 9.17) is 4.74 Å². The SMILES string of the molecule is COc1ccc2ccccc2c1/C=N\NC(=O)C[C@H](NS(=O)(=O)c1ccc(C)cc1)c1ccccc1. The van der Waals surface area contributed by atoms with Crippen molar-refractivity contribution in [2.75, 3.05) is 7.11 Å². The highest BCUT2D eigenvalue weighted by molar-refractivity contribution is 7.89. The van der Waals surface area contributed by atoms with E-state index in [0.29, 0.717) is 11.3 Å². The van der Waals surface area contributed by atoms with Gasteiger partial charge in [-0.15, -0.1) is 0 Å². The Kier molecular flexibility index (Phi) is 7.77. The van der Waals surface area contributed by atoms with E-state index in [9.17, 15) is 13.2 Å². The maximum Gasteiger partial charge on any atom is 0.242 e. The molecule has 0 heterocycles. The molecule has 0 aliphatic heterocycles. The number of rotatable bonds is 9. The molecule has 36 heavy (non-hydrogen) atoms. The molecule has 0 spiro atoms. The minimum atomic E-state index is -3.85. The molecule has 4 aromatic carbocycles. The van der Waals surface area contributed by atoms with Crippen molar-refractivity contribution in [2.24, 2.45) is 5.10 Å². The molecule has 7 nitrogen and oxygen atoms in total. The molecule has 0 aliphatic rings. The van der Waals surface area contributed by atoms with Gasteiger partial charge < -0.3 is 4.74 Å². The number of sulfonamides is 1. The molecule has 4 rings (SSSR count). The summed E-state index contributed by atoms with van der Waals surface area (Å²) in [4.78, 5) is 12.9. The molecule has 0 radical (unpaired) electrons. The molecule has 1 atom stereocenters. The lowest BCUT2D eigenvalue weighted by molar-refractivity contribution is -0.121. The van der Waals surface area contributed by atoms with E-state index in [1.54, 1.807) is 55.6 Å². The Labute approximate surface area is 210 Å². The van der Waals surface area contributed by atoms with Crippen LogP contribution in [0.3, 0.4) is 0 Å². The molecule has 4 aromatic rings. The first-order valence-corrected chi connectivity index (χ1v) is 12.9. The van der Waals surface area contributed by atoms with Crippen molar-refractivity contribution in [3.63, 3.8) is 0 Å². The maximum atomic E-state index is 13.0. The van der Waals surface area contributed by atoms with Crippen LogP contribution in [0.25, 0.3) is 10.8 Å². The number of hydrazone groups is 1. The van der Waals surface area contributed by atoms with Crippen LogP contribution in [0.2, 0.25) is 0 Å². The van der Waals surface area contributed by atoms with E-state index in [0.717, 1.165) is 21.9 Å². The van der Waals surface area contributed by atoms with Gasteiger partial charge in [0.05, 0.1) is 24.3 Å². The van der Waals surface area contributed by atoms with Gasteiger partial charge in [-0.2, -0.15) is 5.10 Å². The fourth-order valence-corrected chi connectivity index (χ4v) is 5.10. The highest BCUT2D eigenvalue weighted by Gasteiger charge is 2.23. The van der Waals surface area contributed by atoms with Crippen molar-refractivity contribution in [3.05, 3.63) is 108 Å². The summed E-state index contributed by atoms with van der Waals surface area (Å²) in [6.07, 6.45) is 1.40. The second-order valence-electron chi connectivity index (χ2n) is 8.30. The van der Waals surface area contributed by atoms with Crippen molar-refractivity contribution in [1.29, 1.82) is 0 Å². The summed E-state index contributed by atoms with van der Waals surface area (Å²) in [6.45, 7) is 1.88. The van der Waals surface area contributed by atoms with Gasteiger partial charge in [0.25, 0.3) is 0 Å². The molecule has 0 fully saturated rings. The lowest BCUT2D eigenvalue weighted by Crippen LogP contribution is -2.32. The smallest absolute Gasteiger partial charge is 0.242 e. The minimum absolute atomic E-state index is 0.135. The second-order valence-corrected chi connectivity index (χ2v) is 10.0. The van der Waals surface area contributed by atoms with Gasteiger partial charge in [0.1, 0.15) is 5.75 Å². The number of fused-ring (bicyclic) bond motifs is 1. The molecule has 184 valence electrons. The summed E-state index contributed by atoms with van der Waals surface area (Å²) < 4.78 is 34.2. The summed E-state index contributed by atoms with van der Waals surface area (Å²) >= 11 is 0. The molecular weight excluding hydrogens is 474 g/mol. The van der Waals surface area contributed by atoms with E-state index in [1.807, 2.05) is 49.4 Å². The zero-order valence-electron chi connectivity index (χ0n) is 20.0. The Balaban J connectivity index is 1.53. The number of nitrogens with zero attached hydrogens (tertiary/aromatic N) is 1. The maximum absolute atomic E-state index is 13.0. The third-order valence-electron chi connectivity index (χ3n) is 5.75. The van der Waals surface area contributed by atoms with Crippen LogP contribution in [0.4, 0.5) is 0 Å². The number of amides is 1. The molecule has 0 saturated carbocycles. The van der Waals surface area contributed by atoms with Gasteiger partial charge in [-0.1, -0.05) is 78.4 Å². The van der Waals surface area contributed by atoms with Gasteiger partial charge in [0.15, 0.2) is 0 Å². The molecule has 1 amide bonds. The largest absolute Gasteiger partial charge is 0.496 e. The fourth-order valence-electron chi connectivity index (χ4n) is 3.87. The lowest BCUT2D eigenvalue weighted by Gasteiger charge is -2.18. The quantitative estimate of drug-likeness (QED) is 0.256. The van der Waals surface area contributed by atoms with Gasteiger partial charge in [0.2, 0.25) is 15.9 Å². The van der Waals surface area contributed by atoms with Crippen molar-refractivity contribution >= 4 is 32.9 Å². The van der Waals surface area contributed by atoms with Crippen LogP contribution in [0.15, 0.2) is 101 Å². The molecule has 0 unspecified atom stereocenters. The molecule has 0 aromatic heterocycles. The number of aryl methyl sites for hydroxylation is 1. The second kappa shape index (κ2) is 11.2. The fraction of sp³-hybridized carbons (Fsp3) is 0.143. The summed E-state index contributed by atoms with van der Waals surface area (Å²) in [6, 6.07) is 26.3. The van der Waals surface area contributed by atoms with Gasteiger partial charge in [0, 0.05) is 12.0 Å². The molecule has 8 heteroatoms. The van der Waals surface area contributed by atoms with Gasteiger partial charge in [-0.3, -0.25) is 4.79 Å². The number of nitrogens with one attached hydrogen (secondary N) is 2. The Morgan fingerprint density at radius 3 is 2.36 bits per heavy atom. The number of carbonyl (C=O) groups excluding carboxylic acids is 1. The lowest BCUT2D eigenvalue weighted by atomic mass is 10.0. The first-order chi connectivity index (χ1) is 17.4. The number of ether oxygens (including phenoxy) is 1. The molecule has 0 saturated heterocycles. The Bertz CT molecular complexity index is 1480. The van der Waals surface area contributed by atoms with Crippen molar-refractivity contribution in [1.82, 2.24) is 10.1 Å². The van der Waals surface area contributed by atoms with E-state index >= 15 is 0 Å². The Hall–Kier alpha value is -4.01. The normalized spacial score (nSPS) is 12.5. The van der Waals surface area contributed by atoms with Crippen LogP contribution >= 0.6 is 0 Å². The third kappa shape index (κ3) is 5.97. The predicted molar refractivity (Wildman–Crippen MR) is 142 cm³/mol. The molecular formula is C28H27N3O4S. The van der Waals surface area contributed by atoms with Crippen molar-refractivity contribution in [3.8, 4) is 5.75 Å². The van der Waals surface area contributed by atoms with E-state index in [-0.39, 0.29) is 11.3 Å². The van der Waals surface area contributed by atoms with Crippen LogP contribution in [-0.2, 0) is 14.8 Å². The number of hydrogen-bond acceptors (Lipinski definition) is 5. The van der Waals surface area contributed by atoms with Crippen LogP contribution < -0.4 is 14.9 Å². The molecule has 0 aliphatic carbocycles. The number of hydrogen-bond donors (Lipinski definition) is 2. The minimum Gasteiger partial charge on any atom is -0.496 e. The average Bonchev–Trinajstić information content (AvgIpc) is 2.89. The summed E-state index contributed by atoms with van der Waals surface area (Å²) in [5.41, 5.74) is 4.87. The van der Waals surface area contributed by atoms with Gasteiger partial charge >= 0.3 is 0 Å². The summed E-state index contributed by atoms with van der Waals surface area (Å²) in [5.74, 6) is 0.186. The Morgan fingerprint density at radius 2 is 1.64 bits per heavy atom. The first-order valence-electron chi connectivity index (χ1n) is 11.4. The molecule has 2 N–H and O–H groups in total. The van der Waals surface area contributed by atoms with E-state index in [1.165, 1.54) is 6.21 Å². The summed E-state index contributed by atoms with van der Waals surface area (Å²) in [5, 5.41) is 6.08. The predicted octanol–water partition coefficient (Wildman–Crippen LogP) is 4.72. The van der Waals surface area contributed by atoms with Crippen LogP contribution in [0, 0.1) is 6.92 Å². The summed E-state index contributed by atoms with van der Waals surface area (Å²) in [7, 11) is -2.28. The Morgan fingerprint density at radius 1 is 0.944 bits per heavy atom. The number of methoxy groups -OCH3 is 1. The van der Waals surface area contributed by atoms with Gasteiger partial charge in [-0.05, 0) is 41.5 Å². The van der Waals surface area contributed by atoms with E-state index in [2.05, 4.69) is 15.2 Å². The van der Waals surface area contributed by atoms with Crippen molar-refractivity contribution < 1.29 is 17.9 Å². The van der Waals surface area contributed by atoms with Crippen molar-refractivity contribution in [2.45, 2.75) is 24.3 Å². The van der Waals surface area contributed by atoms with Gasteiger partial charge in [-0.25, -0.2) is 18.6 Å². The van der Waals surface area contributed by atoms with Crippen LogP contribution in [0.1, 0.15) is 29.2 Å². The monoisotopic (exact) mass is 501 g/mol. The first kappa shape index (κ1) is 25.1. The zero-order chi connectivity index (χ0) is 25.5.